The Kier molecular flexibility index (Phi) is 5.74. The number of hydrogen-bond acceptors (Lipinski definition) is 5. The van der Waals surface area contributed by atoms with Crippen LogP contribution in [0.2, 0.25) is 0 Å². The summed E-state index contributed by atoms with van der Waals surface area (Å²) < 4.78 is 5.72. The second kappa shape index (κ2) is 8.40. The van der Waals surface area contributed by atoms with Gasteiger partial charge in [-0.2, -0.15) is 0 Å². The second-order valence-corrected chi connectivity index (χ2v) is 8.69. The van der Waals surface area contributed by atoms with E-state index in [1.165, 1.54) is 37.0 Å². The number of piperidine rings is 1. The molecule has 1 aliphatic carbocycles. The Bertz CT molecular complexity index is 762. The van der Waals surface area contributed by atoms with Crippen LogP contribution in [0.1, 0.15) is 48.7 Å². The summed E-state index contributed by atoms with van der Waals surface area (Å²) in [5, 5.41) is 5.62. The number of carbonyl (C=O) groups excluding carboxylic acids is 1. The van der Waals surface area contributed by atoms with Crippen molar-refractivity contribution in [3.63, 3.8) is 0 Å². The van der Waals surface area contributed by atoms with Crippen LogP contribution in [0, 0.1) is 11.8 Å². The summed E-state index contributed by atoms with van der Waals surface area (Å²) in [6.45, 7) is 6.24. The zero-order valence-electron chi connectivity index (χ0n) is 15.8. The van der Waals surface area contributed by atoms with Crippen LogP contribution < -0.4 is 10.1 Å². The standard InChI is InChI=1S/C21H27N3O2S/c1-15-8-10-24(11-9-15)12-18-14-27-21(22-18)23-20(25)17-4-6-19(7-5-17)26-13-16-2-3-16/h4-7,14-16H,2-3,8-13H2,1H3,(H,22,23,25). The van der Waals surface area contributed by atoms with Gasteiger partial charge in [0.2, 0.25) is 0 Å². The summed E-state index contributed by atoms with van der Waals surface area (Å²) >= 11 is 1.49. The molecule has 0 unspecified atom stereocenters. The van der Waals surface area contributed by atoms with Gasteiger partial charge in [0.25, 0.3) is 5.91 Å². The number of nitrogens with zero attached hydrogens (tertiary/aromatic N) is 2. The molecule has 1 aromatic carbocycles. The van der Waals surface area contributed by atoms with Crippen molar-refractivity contribution in [3.8, 4) is 5.75 Å². The van der Waals surface area contributed by atoms with E-state index in [4.69, 9.17) is 4.74 Å². The van der Waals surface area contributed by atoms with E-state index in [1.807, 2.05) is 17.5 Å². The first-order chi connectivity index (χ1) is 13.2. The first-order valence-corrected chi connectivity index (χ1v) is 10.7. The lowest BCUT2D eigenvalue weighted by Crippen LogP contribution is -2.32. The van der Waals surface area contributed by atoms with E-state index in [2.05, 4.69) is 22.1 Å². The lowest BCUT2D eigenvalue weighted by atomic mass is 9.99. The molecule has 144 valence electrons. The molecule has 2 aliphatic rings. The molecule has 1 saturated carbocycles. The highest BCUT2D eigenvalue weighted by atomic mass is 32.1. The molecule has 1 saturated heterocycles. The minimum Gasteiger partial charge on any atom is -0.493 e. The molecular formula is C21H27N3O2S. The SMILES string of the molecule is CC1CCN(Cc2csc(NC(=O)c3ccc(OCC4CC4)cc3)n2)CC1. The van der Waals surface area contributed by atoms with E-state index < -0.39 is 0 Å². The lowest BCUT2D eigenvalue weighted by molar-refractivity contribution is 0.102. The number of nitrogens with one attached hydrogen (secondary N) is 1. The normalized spacial score (nSPS) is 18.4. The highest BCUT2D eigenvalue weighted by Gasteiger charge is 2.22. The largest absolute Gasteiger partial charge is 0.493 e. The zero-order valence-corrected chi connectivity index (χ0v) is 16.6. The molecule has 2 heterocycles. The van der Waals surface area contributed by atoms with Crippen molar-refractivity contribution >= 4 is 22.4 Å². The average molecular weight is 386 g/mol. The van der Waals surface area contributed by atoms with Crippen LogP contribution in [0.3, 0.4) is 0 Å². The minimum absolute atomic E-state index is 0.128. The van der Waals surface area contributed by atoms with Crippen LogP contribution in [0.15, 0.2) is 29.6 Å². The van der Waals surface area contributed by atoms with Gasteiger partial charge in [-0.3, -0.25) is 15.0 Å². The number of carbonyl (C=O) groups is 1. The topological polar surface area (TPSA) is 54.5 Å². The summed E-state index contributed by atoms with van der Waals surface area (Å²) in [6, 6.07) is 7.34. The van der Waals surface area contributed by atoms with Gasteiger partial charge in [0, 0.05) is 17.5 Å². The number of amides is 1. The molecule has 2 fully saturated rings. The molecule has 0 spiro atoms. The fraction of sp³-hybridized carbons (Fsp3) is 0.524. The first-order valence-electron chi connectivity index (χ1n) is 9.86. The molecule has 1 aliphatic heterocycles. The molecule has 1 N–H and O–H groups in total. The maximum absolute atomic E-state index is 12.4. The number of anilines is 1. The Labute approximate surface area is 164 Å². The summed E-state index contributed by atoms with van der Waals surface area (Å²) in [6.07, 6.45) is 5.06. The molecule has 5 nitrogen and oxygen atoms in total. The Morgan fingerprint density at radius 3 is 2.67 bits per heavy atom. The predicted molar refractivity (Wildman–Crippen MR) is 108 cm³/mol. The summed E-state index contributed by atoms with van der Waals surface area (Å²) in [7, 11) is 0. The fourth-order valence-corrected chi connectivity index (χ4v) is 3.95. The van der Waals surface area contributed by atoms with E-state index in [0.29, 0.717) is 10.7 Å². The number of benzene rings is 1. The lowest BCUT2D eigenvalue weighted by Gasteiger charge is -2.29. The number of rotatable bonds is 7. The zero-order chi connectivity index (χ0) is 18.6. The van der Waals surface area contributed by atoms with Crippen LogP contribution in [-0.4, -0.2) is 35.5 Å². The number of ether oxygens (including phenoxy) is 1. The Hall–Kier alpha value is -1.92. The molecule has 27 heavy (non-hydrogen) atoms. The third kappa shape index (κ3) is 5.30. The quantitative estimate of drug-likeness (QED) is 0.767. The number of likely N-dealkylation sites (tertiary alicyclic amines) is 1. The van der Waals surface area contributed by atoms with Gasteiger partial charge in [0.15, 0.2) is 5.13 Å². The van der Waals surface area contributed by atoms with Crippen LogP contribution in [0.25, 0.3) is 0 Å². The van der Waals surface area contributed by atoms with Crippen LogP contribution >= 0.6 is 11.3 Å². The second-order valence-electron chi connectivity index (χ2n) is 7.84. The maximum atomic E-state index is 12.4. The van der Waals surface area contributed by atoms with Gasteiger partial charge < -0.3 is 4.74 Å². The minimum atomic E-state index is -0.128. The van der Waals surface area contributed by atoms with E-state index in [0.717, 1.165) is 49.5 Å². The van der Waals surface area contributed by atoms with Crippen molar-refractivity contribution in [3.05, 3.63) is 40.9 Å². The van der Waals surface area contributed by atoms with Crippen molar-refractivity contribution in [1.82, 2.24) is 9.88 Å². The van der Waals surface area contributed by atoms with Gasteiger partial charge >= 0.3 is 0 Å². The summed E-state index contributed by atoms with van der Waals surface area (Å²) in [5.41, 5.74) is 1.66. The highest BCUT2D eigenvalue weighted by Crippen LogP contribution is 2.29. The van der Waals surface area contributed by atoms with E-state index in [1.54, 1.807) is 12.1 Å². The van der Waals surface area contributed by atoms with Crippen molar-refractivity contribution in [2.45, 2.75) is 39.2 Å². The van der Waals surface area contributed by atoms with E-state index in [-0.39, 0.29) is 5.91 Å². The van der Waals surface area contributed by atoms with Gasteiger partial charge in [-0.15, -0.1) is 11.3 Å². The van der Waals surface area contributed by atoms with Gasteiger partial charge in [-0.05, 0) is 74.9 Å². The van der Waals surface area contributed by atoms with E-state index >= 15 is 0 Å². The van der Waals surface area contributed by atoms with Gasteiger partial charge in [0.1, 0.15) is 5.75 Å². The van der Waals surface area contributed by atoms with Crippen molar-refractivity contribution < 1.29 is 9.53 Å². The summed E-state index contributed by atoms with van der Waals surface area (Å²) in [4.78, 5) is 19.5. The molecule has 0 bridgehead atoms. The molecule has 0 atom stereocenters. The monoisotopic (exact) mass is 385 g/mol. The van der Waals surface area contributed by atoms with Gasteiger partial charge in [-0.25, -0.2) is 4.98 Å². The van der Waals surface area contributed by atoms with Crippen LogP contribution in [-0.2, 0) is 6.54 Å². The number of hydrogen-bond donors (Lipinski definition) is 1. The van der Waals surface area contributed by atoms with Crippen molar-refractivity contribution in [2.75, 3.05) is 25.0 Å². The Morgan fingerprint density at radius 1 is 1.22 bits per heavy atom. The highest BCUT2D eigenvalue weighted by molar-refractivity contribution is 7.13. The van der Waals surface area contributed by atoms with Crippen molar-refractivity contribution in [2.24, 2.45) is 11.8 Å². The molecular weight excluding hydrogens is 358 g/mol. The molecule has 4 rings (SSSR count). The van der Waals surface area contributed by atoms with Crippen molar-refractivity contribution in [1.29, 1.82) is 0 Å². The Morgan fingerprint density at radius 2 is 1.96 bits per heavy atom. The third-order valence-corrected chi connectivity index (χ3v) is 6.14. The smallest absolute Gasteiger partial charge is 0.257 e. The van der Waals surface area contributed by atoms with Gasteiger partial charge in [0.05, 0.1) is 12.3 Å². The maximum Gasteiger partial charge on any atom is 0.257 e. The molecule has 0 radical (unpaired) electrons. The number of thiazole rings is 1. The molecule has 6 heteroatoms. The first kappa shape index (κ1) is 18.4. The van der Waals surface area contributed by atoms with Crippen LogP contribution in [0.5, 0.6) is 5.75 Å². The average Bonchev–Trinajstić information content (AvgIpc) is 3.42. The molecule has 2 aromatic rings. The van der Waals surface area contributed by atoms with Crippen LogP contribution in [0.4, 0.5) is 5.13 Å². The third-order valence-electron chi connectivity index (χ3n) is 5.33. The molecule has 1 aromatic heterocycles. The van der Waals surface area contributed by atoms with E-state index in [9.17, 15) is 4.79 Å². The summed E-state index contributed by atoms with van der Waals surface area (Å²) in [5.74, 6) is 2.25. The van der Waals surface area contributed by atoms with Gasteiger partial charge in [-0.1, -0.05) is 6.92 Å². The number of aromatic nitrogens is 1. The Balaban J connectivity index is 1.28. The fourth-order valence-electron chi connectivity index (χ4n) is 3.26. The predicted octanol–water partition coefficient (Wildman–Crippen LogP) is 4.42. The molecule has 1 amide bonds.